The maximum atomic E-state index is 13.0. The number of benzene rings is 1. The van der Waals surface area contributed by atoms with Gasteiger partial charge in [-0.3, -0.25) is 0 Å². The van der Waals surface area contributed by atoms with E-state index in [9.17, 15) is 35.4 Å². The van der Waals surface area contributed by atoms with Crippen LogP contribution in [0.25, 0.3) is 0 Å². The van der Waals surface area contributed by atoms with E-state index in [0.29, 0.717) is 0 Å². The number of aliphatic hydroxyl groups excluding tert-OH is 4. The SMILES string of the molecule is COc1cc(C(=O)OC2C[C@](C)(O)[C@@H]3C(OC4OC(CO)C(O)C(O)C4O)OC=C[C@H]23)cc(OC)c1O. The highest BCUT2D eigenvalue weighted by molar-refractivity contribution is 5.91. The second-order valence-electron chi connectivity index (χ2n) is 9.50. The van der Waals surface area contributed by atoms with Gasteiger partial charge in [0.1, 0.15) is 30.5 Å². The molecule has 206 valence electrons. The average molecular weight is 529 g/mol. The van der Waals surface area contributed by atoms with Crippen LogP contribution < -0.4 is 9.47 Å². The van der Waals surface area contributed by atoms with Gasteiger partial charge in [-0.05, 0) is 25.1 Å². The molecular formula is C24H32O13. The van der Waals surface area contributed by atoms with Gasteiger partial charge in [0, 0.05) is 12.3 Å². The summed E-state index contributed by atoms with van der Waals surface area (Å²) < 4.78 is 32.6. The Morgan fingerprint density at radius 2 is 1.73 bits per heavy atom. The Hall–Kier alpha value is -2.65. The fraction of sp³-hybridized carbons (Fsp3) is 0.625. The first kappa shape index (κ1) is 27.4. The van der Waals surface area contributed by atoms with Crippen LogP contribution in [0, 0.1) is 11.8 Å². The molecule has 2 aliphatic heterocycles. The van der Waals surface area contributed by atoms with Crippen molar-refractivity contribution in [3.8, 4) is 17.2 Å². The van der Waals surface area contributed by atoms with Crippen LogP contribution in [0.3, 0.4) is 0 Å². The van der Waals surface area contributed by atoms with E-state index in [-0.39, 0.29) is 29.2 Å². The van der Waals surface area contributed by atoms with Crippen LogP contribution in [0.15, 0.2) is 24.5 Å². The predicted molar refractivity (Wildman–Crippen MR) is 122 cm³/mol. The number of aromatic hydroxyl groups is 1. The molecule has 2 fully saturated rings. The minimum absolute atomic E-state index is 0.0153. The molecule has 37 heavy (non-hydrogen) atoms. The van der Waals surface area contributed by atoms with Crippen LogP contribution >= 0.6 is 0 Å². The van der Waals surface area contributed by atoms with E-state index >= 15 is 0 Å². The highest BCUT2D eigenvalue weighted by Gasteiger charge is 2.58. The summed E-state index contributed by atoms with van der Waals surface area (Å²) in [6.07, 6.45) is -6.59. The van der Waals surface area contributed by atoms with E-state index in [0.717, 1.165) is 0 Å². The molecule has 0 aromatic heterocycles. The number of hydrogen-bond acceptors (Lipinski definition) is 13. The molecule has 0 bridgehead atoms. The summed E-state index contributed by atoms with van der Waals surface area (Å²) in [7, 11) is 2.65. The lowest BCUT2D eigenvalue weighted by atomic mass is 9.85. The minimum Gasteiger partial charge on any atom is -0.502 e. The predicted octanol–water partition coefficient (Wildman–Crippen LogP) is -0.992. The molecule has 0 spiro atoms. The first-order chi connectivity index (χ1) is 17.5. The van der Waals surface area contributed by atoms with Gasteiger partial charge < -0.3 is 59.1 Å². The zero-order chi connectivity index (χ0) is 27.1. The van der Waals surface area contributed by atoms with Gasteiger partial charge in [-0.15, -0.1) is 0 Å². The second-order valence-corrected chi connectivity index (χ2v) is 9.50. The molecule has 1 aliphatic carbocycles. The topological polar surface area (TPSA) is 194 Å². The molecule has 1 aromatic rings. The van der Waals surface area contributed by atoms with Crippen molar-refractivity contribution in [3.63, 3.8) is 0 Å². The summed E-state index contributed by atoms with van der Waals surface area (Å²) in [6, 6.07) is 2.60. The molecule has 13 nitrogen and oxygen atoms in total. The number of carbonyl (C=O) groups excluding carboxylic acids is 1. The molecule has 2 heterocycles. The number of esters is 1. The van der Waals surface area contributed by atoms with Gasteiger partial charge in [0.2, 0.25) is 12.0 Å². The van der Waals surface area contributed by atoms with Gasteiger partial charge in [0.05, 0.1) is 44.2 Å². The quantitative estimate of drug-likeness (QED) is 0.236. The van der Waals surface area contributed by atoms with Crippen molar-refractivity contribution in [2.45, 2.75) is 62.0 Å². The van der Waals surface area contributed by atoms with Crippen molar-refractivity contribution in [1.29, 1.82) is 0 Å². The molecule has 0 radical (unpaired) electrons. The molecule has 7 unspecified atom stereocenters. The van der Waals surface area contributed by atoms with E-state index in [1.54, 1.807) is 6.08 Å². The summed E-state index contributed by atoms with van der Waals surface area (Å²) in [5, 5.41) is 61.1. The number of rotatable bonds is 7. The summed E-state index contributed by atoms with van der Waals surface area (Å²) in [4.78, 5) is 13.0. The van der Waals surface area contributed by atoms with E-state index in [1.165, 1.54) is 39.5 Å². The lowest BCUT2D eigenvalue weighted by Gasteiger charge is -2.43. The van der Waals surface area contributed by atoms with Crippen LogP contribution in [-0.4, -0.2) is 106 Å². The third kappa shape index (κ3) is 5.08. The Kier molecular flexibility index (Phi) is 7.85. The molecule has 4 rings (SSSR count). The highest BCUT2D eigenvalue weighted by atomic mass is 16.8. The Bertz CT molecular complexity index is 983. The Morgan fingerprint density at radius 3 is 2.32 bits per heavy atom. The van der Waals surface area contributed by atoms with E-state index in [4.69, 9.17) is 28.4 Å². The van der Waals surface area contributed by atoms with Crippen LogP contribution in [0.5, 0.6) is 17.2 Å². The lowest BCUT2D eigenvalue weighted by molar-refractivity contribution is -0.346. The van der Waals surface area contributed by atoms with Crippen molar-refractivity contribution < 1.29 is 63.9 Å². The van der Waals surface area contributed by atoms with Gasteiger partial charge in [-0.25, -0.2) is 4.79 Å². The Balaban J connectivity index is 1.52. The Labute approximate surface area is 212 Å². The molecule has 1 saturated heterocycles. The fourth-order valence-corrected chi connectivity index (χ4v) is 5.11. The normalized spacial score (nSPS) is 39.0. The van der Waals surface area contributed by atoms with Gasteiger partial charge in [0.15, 0.2) is 17.8 Å². The zero-order valence-corrected chi connectivity index (χ0v) is 20.5. The van der Waals surface area contributed by atoms with Crippen molar-refractivity contribution in [2.75, 3.05) is 20.8 Å². The molecule has 6 N–H and O–H groups in total. The molecule has 1 aromatic carbocycles. The first-order valence-electron chi connectivity index (χ1n) is 11.7. The molecule has 3 aliphatic rings. The maximum absolute atomic E-state index is 13.0. The van der Waals surface area contributed by atoms with Crippen LogP contribution in [0.2, 0.25) is 0 Å². The number of ether oxygens (including phenoxy) is 6. The number of hydrogen-bond donors (Lipinski definition) is 6. The van der Waals surface area contributed by atoms with Crippen LogP contribution in [0.1, 0.15) is 23.7 Å². The van der Waals surface area contributed by atoms with Crippen molar-refractivity contribution >= 4 is 5.97 Å². The summed E-state index contributed by atoms with van der Waals surface area (Å²) >= 11 is 0. The number of carbonyl (C=O) groups is 1. The van der Waals surface area contributed by atoms with Gasteiger partial charge in [-0.2, -0.15) is 0 Å². The number of aliphatic hydroxyl groups is 5. The van der Waals surface area contributed by atoms with Gasteiger partial charge in [0.25, 0.3) is 0 Å². The number of methoxy groups -OCH3 is 2. The first-order valence-corrected chi connectivity index (χ1v) is 11.7. The smallest absolute Gasteiger partial charge is 0.338 e. The summed E-state index contributed by atoms with van der Waals surface area (Å²) in [5.41, 5.74) is -1.40. The maximum Gasteiger partial charge on any atom is 0.338 e. The second kappa shape index (κ2) is 10.6. The number of phenols is 1. The third-order valence-corrected chi connectivity index (χ3v) is 7.07. The molecule has 13 heteroatoms. The largest absolute Gasteiger partial charge is 0.502 e. The lowest BCUT2D eigenvalue weighted by Crippen LogP contribution is -2.60. The standard InChI is InChI=1S/C24H32O13/c1-24(31)8-14(35-21(30)10-6-12(32-2)17(26)13(7-10)33-3)11-4-5-34-22(16(11)24)37-23-20(29)19(28)18(27)15(9-25)36-23/h4-7,11,14-16,18-20,22-23,25-29,31H,8-9H2,1-3H3/t11-,14?,15?,16+,18?,19?,20?,22?,23?,24+/m1/s1. The van der Waals surface area contributed by atoms with E-state index in [1.807, 2.05) is 0 Å². The van der Waals surface area contributed by atoms with Crippen LogP contribution in [0.4, 0.5) is 0 Å². The summed E-state index contributed by atoms with van der Waals surface area (Å²) in [5.74, 6) is -2.34. The fourth-order valence-electron chi connectivity index (χ4n) is 5.11. The zero-order valence-electron chi connectivity index (χ0n) is 20.5. The van der Waals surface area contributed by atoms with Gasteiger partial charge in [-0.1, -0.05) is 0 Å². The molecular weight excluding hydrogens is 496 g/mol. The molecule has 10 atom stereocenters. The monoisotopic (exact) mass is 528 g/mol. The average Bonchev–Trinajstić information content (AvgIpc) is 3.14. The Morgan fingerprint density at radius 1 is 1.08 bits per heavy atom. The third-order valence-electron chi connectivity index (χ3n) is 7.07. The highest BCUT2D eigenvalue weighted by Crippen LogP contribution is 2.48. The van der Waals surface area contributed by atoms with Gasteiger partial charge >= 0.3 is 5.97 Å². The number of phenolic OH excluding ortho intramolecular Hbond substituents is 1. The van der Waals surface area contributed by atoms with Crippen LogP contribution in [-0.2, 0) is 18.9 Å². The van der Waals surface area contributed by atoms with E-state index < -0.39 is 73.1 Å². The van der Waals surface area contributed by atoms with Crippen molar-refractivity contribution in [3.05, 3.63) is 30.0 Å². The van der Waals surface area contributed by atoms with Crippen molar-refractivity contribution in [2.24, 2.45) is 11.8 Å². The minimum atomic E-state index is -1.66. The molecule has 1 saturated carbocycles. The molecule has 0 amide bonds. The van der Waals surface area contributed by atoms with Crippen molar-refractivity contribution in [1.82, 2.24) is 0 Å². The number of fused-ring (bicyclic) bond motifs is 1. The summed E-state index contributed by atoms with van der Waals surface area (Å²) in [6.45, 7) is 0.891. The van der Waals surface area contributed by atoms with E-state index in [2.05, 4.69) is 0 Å².